The van der Waals surface area contributed by atoms with Crippen LogP contribution < -0.4 is 9.47 Å². The van der Waals surface area contributed by atoms with E-state index in [-0.39, 0.29) is 0 Å². The summed E-state index contributed by atoms with van der Waals surface area (Å²) in [4.78, 5) is 1.14. The van der Waals surface area contributed by atoms with E-state index in [1.54, 1.807) is 18.4 Å². The van der Waals surface area contributed by atoms with Crippen molar-refractivity contribution in [3.05, 3.63) is 43.0 Å². The standard InChI is InChI=1S/C13H11Br2ClO2S/c1-17-11-5-8(6-16)4-10(14)13(11)18-7-9-2-3-12(15)19-9/h2-5H,6-7H2,1H3. The molecule has 0 aliphatic heterocycles. The van der Waals surface area contributed by atoms with E-state index in [0.29, 0.717) is 24.0 Å². The minimum atomic E-state index is 0.438. The van der Waals surface area contributed by atoms with Gasteiger partial charge in [0.15, 0.2) is 11.5 Å². The Hall–Kier alpha value is -0.230. The molecular formula is C13H11Br2ClO2S. The zero-order chi connectivity index (χ0) is 13.8. The van der Waals surface area contributed by atoms with Crippen molar-refractivity contribution < 1.29 is 9.47 Å². The number of benzene rings is 1. The molecule has 1 aromatic carbocycles. The smallest absolute Gasteiger partial charge is 0.175 e. The van der Waals surface area contributed by atoms with Crippen molar-refractivity contribution in [3.8, 4) is 11.5 Å². The van der Waals surface area contributed by atoms with Crippen LogP contribution in [-0.2, 0) is 12.5 Å². The number of thiophene rings is 1. The van der Waals surface area contributed by atoms with Gasteiger partial charge in [-0.1, -0.05) is 0 Å². The van der Waals surface area contributed by atoms with Crippen molar-refractivity contribution >= 4 is 54.8 Å². The summed E-state index contributed by atoms with van der Waals surface area (Å²) in [7, 11) is 1.62. The summed E-state index contributed by atoms with van der Waals surface area (Å²) in [5.41, 5.74) is 0.983. The highest BCUT2D eigenvalue weighted by molar-refractivity contribution is 9.11. The summed E-state index contributed by atoms with van der Waals surface area (Å²) in [5, 5.41) is 0. The second-order valence-electron chi connectivity index (χ2n) is 3.74. The van der Waals surface area contributed by atoms with Crippen molar-refractivity contribution in [1.29, 1.82) is 0 Å². The van der Waals surface area contributed by atoms with E-state index in [1.165, 1.54) is 0 Å². The summed E-state index contributed by atoms with van der Waals surface area (Å²) >= 11 is 14.4. The van der Waals surface area contributed by atoms with E-state index >= 15 is 0 Å². The van der Waals surface area contributed by atoms with Crippen LogP contribution >= 0.6 is 54.8 Å². The fourth-order valence-electron chi connectivity index (χ4n) is 1.56. The number of methoxy groups -OCH3 is 1. The van der Waals surface area contributed by atoms with Crippen molar-refractivity contribution in [3.63, 3.8) is 0 Å². The topological polar surface area (TPSA) is 18.5 Å². The van der Waals surface area contributed by atoms with Crippen molar-refractivity contribution in [2.24, 2.45) is 0 Å². The summed E-state index contributed by atoms with van der Waals surface area (Å²) in [6.45, 7) is 0.505. The van der Waals surface area contributed by atoms with Gasteiger partial charge in [0.1, 0.15) is 6.61 Å². The molecule has 2 rings (SSSR count). The molecule has 0 aliphatic carbocycles. The number of ether oxygens (including phenoxy) is 2. The molecule has 0 unspecified atom stereocenters. The van der Waals surface area contributed by atoms with Gasteiger partial charge < -0.3 is 9.47 Å². The monoisotopic (exact) mass is 424 g/mol. The first-order valence-corrected chi connectivity index (χ1v) is 8.37. The fraction of sp³-hybridized carbons (Fsp3) is 0.231. The van der Waals surface area contributed by atoms with Gasteiger partial charge in [-0.3, -0.25) is 0 Å². The van der Waals surface area contributed by atoms with Gasteiger partial charge in [0.25, 0.3) is 0 Å². The molecule has 1 heterocycles. The lowest BCUT2D eigenvalue weighted by Gasteiger charge is -2.13. The Morgan fingerprint density at radius 1 is 1.26 bits per heavy atom. The molecular weight excluding hydrogens is 415 g/mol. The quantitative estimate of drug-likeness (QED) is 0.580. The molecule has 0 saturated carbocycles. The first-order valence-electron chi connectivity index (χ1n) is 5.43. The summed E-state index contributed by atoms with van der Waals surface area (Å²) in [6.07, 6.45) is 0. The molecule has 19 heavy (non-hydrogen) atoms. The average Bonchev–Trinajstić information content (AvgIpc) is 2.82. The molecule has 0 bridgehead atoms. The van der Waals surface area contributed by atoms with E-state index in [4.69, 9.17) is 21.1 Å². The third-order valence-electron chi connectivity index (χ3n) is 2.43. The molecule has 0 amide bonds. The first-order chi connectivity index (χ1) is 9.13. The van der Waals surface area contributed by atoms with Gasteiger partial charge in [0.2, 0.25) is 0 Å². The van der Waals surface area contributed by atoms with E-state index in [9.17, 15) is 0 Å². The number of hydrogen-bond donors (Lipinski definition) is 0. The molecule has 0 N–H and O–H groups in total. The maximum Gasteiger partial charge on any atom is 0.175 e. The van der Waals surface area contributed by atoms with Gasteiger partial charge in [0, 0.05) is 10.8 Å². The fourth-order valence-corrected chi connectivity index (χ4v) is 3.72. The first kappa shape index (κ1) is 15.2. The normalized spacial score (nSPS) is 10.5. The molecule has 0 atom stereocenters. The Balaban J connectivity index is 2.19. The average molecular weight is 427 g/mol. The van der Waals surface area contributed by atoms with E-state index in [1.807, 2.05) is 24.3 Å². The van der Waals surface area contributed by atoms with Gasteiger partial charge in [-0.2, -0.15) is 0 Å². The van der Waals surface area contributed by atoms with Crippen molar-refractivity contribution in [2.45, 2.75) is 12.5 Å². The van der Waals surface area contributed by atoms with Crippen LogP contribution in [0.2, 0.25) is 0 Å². The Morgan fingerprint density at radius 3 is 2.63 bits per heavy atom. The largest absolute Gasteiger partial charge is 0.493 e. The molecule has 0 saturated heterocycles. The summed E-state index contributed by atoms with van der Waals surface area (Å²) < 4.78 is 13.1. The minimum Gasteiger partial charge on any atom is -0.493 e. The number of alkyl halides is 1. The highest BCUT2D eigenvalue weighted by atomic mass is 79.9. The van der Waals surface area contributed by atoms with Crippen LogP contribution in [0.15, 0.2) is 32.5 Å². The van der Waals surface area contributed by atoms with Crippen molar-refractivity contribution in [2.75, 3.05) is 7.11 Å². The third-order valence-corrected chi connectivity index (χ3v) is 4.93. The lowest BCUT2D eigenvalue weighted by atomic mass is 10.2. The van der Waals surface area contributed by atoms with Crippen LogP contribution in [0.5, 0.6) is 11.5 Å². The van der Waals surface area contributed by atoms with Crippen LogP contribution in [0, 0.1) is 0 Å². The van der Waals surface area contributed by atoms with Gasteiger partial charge in [-0.15, -0.1) is 22.9 Å². The van der Waals surface area contributed by atoms with E-state index < -0.39 is 0 Å². The lowest BCUT2D eigenvalue weighted by molar-refractivity contribution is 0.285. The highest BCUT2D eigenvalue weighted by Gasteiger charge is 2.12. The van der Waals surface area contributed by atoms with Crippen LogP contribution in [0.25, 0.3) is 0 Å². The van der Waals surface area contributed by atoms with Gasteiger partial charge in [0.05, 0.1) is 15.4 Å². The predicted octanol–water partition coefficient (Wildman–Crippen LogP) is 5.60. The number of rotatable bonds is 5. The second-order valence-corrected chi connectivity index (χ2v) is 7.41. The highest BCUT2D eigenvalue weighted by Crippen LogP contribution is 2.38. The molecule has 2 aromatic rings. The number of halogens is 3. The molecule has 2 nitrogen and oxygen atoms in total. The van der Waals surface area contributed by atoms with Crippen LogP contribution in [0.1, 0.15) is 10.4 Å². The Kier molecular flexibility index (Phi) is 5.57. The molecule has 0 spiro atoms. The molecule has 0 radical (unpaired) electrons. The maximum atomic E-state index is 5.84. The third kappa shape index (κ3) is 3.88. The summed E-state index contributed by atoms with van der Waals surface area (Å²) in [6, 6.07) is 7.86. The van der Waals surface area contributed by atoms with Gasteiger partial charge in [-0.25, -0.2) is 0 Å². The van der Waals surface area contributed by atoms with E-state index in [0.717, 1.165) is 18.7 Å². The summed E-state index contributed by atoms with van der Waals surface area (Å²) in [5.74, 6) is 1.81. The number of hydrogen-bond acceptors (Lipinski definition) is 3. The molecule has 6 heteroatoms. The predicted molar refractivity (Wildman–Crippen MR) is 86.6 cm³/mol. The van der Waals surface area contributed by atoms with Gasteiger partial charge in [-0.05, 0) is 61.7 Å². The lowest BCUT2D eigenvalue weighted by Crippen LogP contribution is -1.98. The minimum absolute atomic E-state index is 0.438. The Bertz CT molecular complexity index is 572. The van der Waals surface area contributed by atoms with Gasteiger partial charge >= 0.3 is 0 Å². The Morgan fingerprint density at radius 2 is 2.05 bits per heavy atom. The molecule has 1 aromatic heterocycles. The molecule has 102 valence electrons. The van der Waals surface area contributed by atoms with Crippen molar-refractivity contribution in [1.82, 2.24) is 0 Å². The van der Waals surface area contributed by atoms with Crippen LogP contribution in [0.3, 0.4) is 0 Å². The molecule has 0 aliphatic rings. The second kappa shape index (κ2) is 6.97. The molecule has 0 fully saturated rings. The zero-order valence-electron chi connectivity index (χ0n) is 10.1. The van der Waals surface area contributed by atoms with E-state index in [2.05, 4.69) is 31.9 Å². The maximum absolute atomic E-state index is 5.84. The SMILES string of the molecule is COc1cc(CCl)cc(Br)c1OCc1ccc(Br)s1. The van der Waals surface area contributed by atoms with Crippen LogP contribution in [-0.4, -0.2) is 7.11 Å². The zero-order valence-corrected chi connectivity index (χ0v) is 14.8. The Labute approximate surface area is 137 Å². The van der Waals surface area contributed by atoms with Crippen LogP contribution in [0.4, 0.5) is 0 Å².